The summed E-state index contributed by atoms with van der Waals surface area (Å²) in [5.74, 6) is 0. The van der Waals surface area contributed by atoms with Crippen molar-refractivity contribution in [2.24, 2.45) is 0 Å². The quantitative estimate of drug-likeness (QED) is 0.142. The molecule has 0 aliphatic heterocycles. The van der Waals surface area contributed by atoms with Crippen LogP contribution in [-0.4, -0.2) is 12.6 Å². The Labute approximate surface area is 270 Å². The molecule has 0 spiro atoms. The van der Waals surface area contributed by atoms with Gasteiger partial charge in [0.25, 0.3) is 0 Å². The van der Waals surface area contributed by atoms with Crippen LogP contribution in [0.5, 0.6) is 0 Å². The van der Waals surface area contributed by atoms with Crippen molar-refractivity contribution < 1.29 is 0 Å². The van der Waals surface area contributed by atoms with Gasteiger partial charge in [-0.05, 0) is 56.6 Å². The first-order valence-corrected chi connectivity index (χ1v) is 17.6. The van der Waals surface area contributed by atoms with Gasteiger partial charge in [-0.15, -0.1) is 0 Å². The normalized spacial score (nSPS) is 11.5. The lowest BCUT2D eigenvalue weighted by molar-refractivity contribution is 1.18. The third kappa shape index (κ3) is 4.39. The summed E-state index contributed by atoms with van der Waals surface area (Å²) >= 11 is 0. The molecule has 0 atom stereocenters. The van der Waals surface area contributed by atoms with Crippen LogP contribution in [0.4, 0.5) is 0 Å². The molecule has 2 nitrogen and oxygen atoms in total. The summed E-state index contributed by atoms with van der Waals surface area (Å²) in [7, 11) is -2.84. The van der Waals surface area contributed by atoms with Crippen molar-refractivity contribution >= 4 is 50.6 Å². The predicted molar refractivity (Wildman–Crippen MR) is 195 cm³/mol. The van der Waals surface area contributed by atoms with Crippen molar-refractivity contribution in [3.63, 3.8) is 0 Å². The molecule has 0 aliphatic carbocycles. The molecule has 216 valence electrons. The monoisotopic (exact) mass is 602 g/mol. The van der Waals surface area contributed by atoms with Gasteiger partial charge in [-0.25, -0.2) is 0 Å². The number of aromatic nitrogens is 1. The lowest BCUT2D eigenvalue weighted by Crippen LogP contribution is -2.74. The average molecular weight is 603 g/mol. The Morgan fingerprint density at radius 3 is 1.41 bits per heavy atom. The zero-order valence-corrected chi connectivity index (χ0v) is 26.2. The summed E-state index contributed by atoms with van der Waals surface area (Å²) in [6.07, 6.45) is 0. The van der Waals surface area contributed by atoms with Crippen LogP contribution in [0.15, 0.2) is 182 Å². The van der Waals surface area contributed by atoms with Crippen molar-refractivity contribution in [3.8, 4) is 22.9 Å². The Bertz CT molecular complexity index is 2220. The third-order valence-electron chi connectivity index (χ3n) is 9.15. The zero-order chi connectivity index (χ0) is 30.9. The Kier molecular flexibility index (Phi) is 6.91. The topological polar surface area (TPSA) is 28.7 Å². The van der Waals surface area contributed by atoms with Crippen LogP contribution in [0.2, 0.25) is 0 Å². The lowest BCUT2D eigenvalue weighted by atomic mass is 10.0. The maximum atomic E-state index is 10.5. The molecule has 1 heterocycles. The Balaban J connectivity index is 1.46. The second-order valence-electron chi connectivity index (χ2n) is 11.6. The first-order chi connectivity index (χ1) is 22.8. The number of nitriles is 1. The first kappa shape index (κ1) is 27.6. The highest BCUT2D eigenvalue weighted by molar-refractivity contribution is 7.19. The highest BCUT2D eigenvalue weighted by Gasteiger charge is 2.41. The number of rotatable bonds is 6. The molecule has 3 heteroatoms. The van der Waals surface area contributed by atoms with Gasteiger partial charge in [-0.2, -0.15) is 5.26 Å². The number of hydrogen-bond acceptors (Lipinski definition) is 1. The van der Waals surface area contributed by atoms with Crippen molar-refractivity contribution in [1.82, 2.24) is 4.57 Å². The molecule has 0 saturated heterocycles. The molecule has 0 amide bonds. The summed E-state index contributed by atoms with van der Waals surface area (Å²) in [6.45, 7) is 0. The van der Waals surface area contributed by atoms with E-state index in [1.165, 1.54) is 31.5 Å². The standard InChI is InChI=1S/C43H30N2Si/c44-31-32-28-33(38-22-10-13-25-41(38)45-42-26-14-11-23-39(42)40-24-12-15-27-43(40)45)30-37(29-32)46(34-16-4-1-5-17-34,35-18-6-2-7-19-35)36-20-8-3-9-21-36/h1-30H. The third-order valence-corrected chi connectivity index (χ3v) is 13.9. The fraction of sp³-hybridized carbons (Fsp3) is 0. The van der Waals surface area contributed by atoms with Crippen LogP contribution in [0.1, 0.15) is 5.56 Å². The van der Waals surface area contributed by atoms with Crippen molar-refractivity contribution in [2.75, 3.05) is 0 Å². The highest BCUT2D eigenvalue weighted by atomic mass is 28.3. The molecule has 0 saturated carbocycles. The minimum atomic E-state index is -2.84. The van der Waals surface area contributed by atoms with Gasteiger partial charge in [-0.1, -0.05) is 152 Å². The molecule has 0 radical (unpaired) electrons. The molecule has 0 unspecified atom stereocenters. The summed E-state index contributed by atoms with van der Waals surface area (Å²) in [5, 5.41) is 18.0. The fourth-order valence-electron chi connectivity index (χ4n) is 7.22. The number of benzene rings is 7. The van der Waals surface area contributed by atoms with Gasteiger partial charge in [0.15, 0.2) is 8.07 Å². The van der Waals surface area contributed by atoms with E-state index >= 15 is 0 Å². The van der Waals surface area contributed by atoms with Gasteiger partial charge in [0.1, 0.15) is 0 Å². The summed E-state index contributed by atoms with van der Waals surface area (Å²) in [5.41, 5.74) is 6.19. The molecule has 1 aromatic heterocycles. The molecule has 0 fully saturated rings. The number of hydrogen-bond donors (Lipinski definition) is 0. The average Bonchev–Trinajstić information content (AvgIpc) is 3.47. The van der Waals surface area contributed by atoms with E-state index in [9.17, 15) is 5.26 Å². The second-order valence-corrected chi connectivity index (χ2v) is 15.5. The molecule has 0 bridgehead atoms. The van der Waals surface area contributed by atoms with Crippen LogP contribution in [0.3, 0.4) is 0 Å². The molecular weight excluding hydrogens is 573 g/mol. The summed E-state index contributed by atoms with van der Waals surface area (Å²) in [6, 6.07) is 67.5. The van der Waals surface area contributed by atoms with E-state index in [-0.39, 0.29) is 0 Å². The number of fused-ring (bicyclic) bond motifs is 3. The van der Waals surface area contributed by atoms with Gasteiger partial charge in [0.2, 0.25) is 0 Å². The summed E-state index contributed by atoms with van der Waals surface area (Å²) < 4.78 is 2.37. The molecule has 46 heavy (non-hydrogen) atoms. The zero-order valence-electron chi connectivity index (χ0n) is 25.2. The van der Waals surface area contributed by atoms with Gasteiger partial charge in [0.05, 0.1) is 28.4 Å². The Hall–Kier alpha value is -5.95. The molecule has 8 aromatic rings. The number of nitrogens with zero attached hydrogens (tertiary/aromatic N) is 2. The minimum Gasteiger partial charge on any atom is -0.309 e. The largest absolute Gasteiger partial charge is 0.309 e. The van der Waals surface area contributed by atoms with Crippen LogP contribution >= 0.6 is 0 Å². The molecular formula is C43H30N2Si. The van der Waals surface area contributed by atoms with E-state index < -0.39 is 8.07 Å². The lowest BCUT2D eigenvalue weighted by Gasteiger charge is -2.35. The van der Waals surface area contributed by atoms with E-state index in [0.717, 1.165) is 27.8 Å². The Morgan fingerprint density at radius 2 is 0.891 bits per heavy atom. The van der Waals surface area contributed by atoms with E-state index in [2.05, 4.69) is 193 Å². The Morgan fingerprint density at radius 1 is 0.435 bits per heavy atom. The first-order valence-electron chi connectivity index (χ1n) is 15.6. The van der Waals surface area contributed by atoms with E-state index in [4.69, 9.17) is 0 Å². The van der Waals surface area contributed by atoms with Crippen LogP contribution in [0.25, 0.3) is 38.6 Å². The number of para-hydroxylation sites is 3. The van der Waals surface area contributed by atoms with Crippen LogP contribution in [0, 0.1) is 11.3 Å². The second kappa shape index (κ2) is 11.5. The molecule has 0 aliphatic rings. The van der Waals surface area contributed by atoms with Crippen LogP contribution in [-0.2, 0) is 0 Å². The van der Waals surface area contributed by atoms with E-state index in [1.54, 1.807) is 0 Å². The smallest absolute Gasteiger partial charge is 0.179 e. The minimum absolute atomic E-state index is 0.657. The van der Waals surface area contributed by atoms with Gasteiger partial charge >= 0.3 is 0 Å². The van der Waals surface area contributed by atoms with Crippen LogP contribution < -0.4 is 20.7 Å². The van der Waals surface area contributed by atoms with E-state index in [0.29, 0.717) is 5.56 Å². The van der Waals surface area contributed by atoms with Crippen molar-refractivity contribution in [2.45, 2.75) is 0 Å². The SMILES string of the molecule is N#Cc1cc(-c2ccccc2-n2c3ccccc3c3ccccc32)cc([Si](c2ccccc2)(c2ccccc2)c2ccccc2)c1. The molecule has 7 aromatic carbocycles. The highest BCUT2D eigenvalue weighted by Crippen LogP contribution is 2.36. The van der Waals surface area contributed by atoms with Gasteiger partial charge in [0, 0.05) is 16.3 Å². The molecule has 8 rings (SSSR count). The fourth-order valence-corrected chi connectivity index (χ4v) is 12.0. The van der Waals surface area contributed by atoms with Gasteiger partial charge < -0.3 is 4.57 Å². The maximum absolute atomic E-state index is 10.5. The summed E-state index contributed by atoms with van der Waals surface area (Å²) in [4.78, 5) is 0. The van der Waals surface area contributed by atoms with Crippen molar-refractivity contribution in [1.29, 1.82) is 5.26 Å². The maximum Gasteiger partial charge on any atom is 0.179 e. The molecule has 0 N–H and O–H groups in total. The van der Waals surface area contributed by atoms with E-state index in [1.807, 2.05) is 0 Å². The van der Waals surface area contributed by atoms with Gasteiger partial charge in [-0.3, -0.25) is 0 Å². The predicted octanol–water partition coefficient (Wildman–Crippen LogP) is 7.70. The van der Waals surface area contributed by atoms with Crippen molar-refractivity contribution in [3.05, 3.63) is 188 Å².